The zero-order valence-corrected chi connectivity index (χ0v) is 14.5. The molecule has 0 saturated heterocycles. The summed E-state index contributed by atoms with van der Waals surface area (Å²) in [4.78, 5) is 29.1. The highest BCUT2D eigenvalue weighted by atomic mass is 35.5. The average Bonchev–Trinajstić information content (AvgIpc) is 2.58. The van der Waals surface area contributed by atoms with Crippen molar-refractivity contribution in [2.45, 2.75) is 20.3 Å². The van der Waals surface area contributed by atoms with Gasteiger partial charge in [-0.3, -0.25) is 9.78 Å². The number of aryl methyl sites for hydroxylation is 2. The minimum absolute atomic E-state index is 0.140. The van der Waals surface area contributed by atoms with Crippen LogP contribution < -0.4 is 4.74 Å². The first-order valence-corrected chi connectivity index (χ1v) is 7.96. The Balaban J connectivity index is 1.79. The third-order valence-corrected chi connectivity index (χ3v) is 3.56. The lowest BCUT2D eigenvalue weighted by atomic mass is 10.1. The number of carbonyl (C=O) groups excluding carboxylic acids is 1. The van der Waals surface area contributed by atoms with Gasteiger partial charge in [0.15, 0.2) is 11.5 Å². The lowest BCUT2D eigenvalue weighted by molar-refractivity contribution is 0.0986. The summed E-state index contributed by atoms with van der Waals surface area (Å²) in [6.45, 7) is 3.59. The van der Waals surface area contributed by atoms with Crippen LogP contribution in [0.4, 0.5) is 0 Å². The molecule has 126 valence electrons. The Morgan fingerprint density at radius 3 is 2.48 bits per heavy atom. The SMILES string of the molecule is Cc1cc(Oc2cnc(C)nc2)cc(C(=O)Cc2ccc(Cl)cn2)n1. The van der Waals surface area contributed by atoms with Crippen LogP contribution in [0.25, 0.3) is 0 Å². The molecule has 0 fully saturated rings. The van der Waals surface area contributed by atoms with E-state index in [1.165, 1.54) is 6.20 Å². The number of ether oxygens (including phenoxy) is 1. The molecule has 3 aromatic rings. The van der Waals surface area contributed by atoms with Crippen molar-refractivity contribution < 1.29 is 9.53 Å². The molecule has 0 spiro atoms. The summed E-state index contributed by atoms with van der Waals surface area (Å²) >= 11 is 5.81. The molecular formula is C18H15ClN4O2. The summed E-state index contributed by atoms with van der Waals surface area (Å²) in [7, 11) is 0. The van der Waals surface area contributed by atoms with E-state index in [1.807, 2.05) is 0 Å². The smallest absolute Gasteiger partial charge is 0.187 e. The van der Waals surface area contributed by atoms with Gasteiger partial charge in [0.25, 0.3) is 0 Å². The lowest BCUT2D eigenvalue weighted by Crippen LogP contribution is -2.08. The molecule has 3 aromatic heterocycles. The first-order chi connectivity index (χ1) is 12.0. The van der Waals surface area contributed by atoms with Crippen molar-refractivity contribution in [1.29, 1.82) is 0 Å². The summed E-state index contributed by atoms with van der Waals surface area (Å²) in [6.07, 6.45) is 4.81. The summed E-state index contributed by atoms with van der Waals surface area (Å²) < 4.78 is 5.72. The van der Waals surface area contributed by atoms with Crippen molar-refractivity contribution in [3.63, 3.8) is 0 Å². The normalized spacial score (nSPS) is 10.5. The second-order valence-electron chi connectivity index (χ2n) is 5.47. The fourth-order valence-corrected chi connectivity index (χ4v) is 2.29. The fourth-order valence-electron chi connectivity index (χ4n) is 2.17. The van der Waals surface area contributed by atoms with Crippen LogP contribution in [0.3, 0.4) is 0 Å². The minimum atomic E-state index is -0.150. The lowest BCUT2D eigenvalue weighted by Gasteiger charge is -2.08. The van der Waals surface area contributed by atoms with Crippen LogP contribution in [0, 0.1) is 13.8 Å². The van der Waals surface area contributed by atoms with E-state index in [4.69, 9.17) is 16.3 Å². The number of nitrogens with zero attached hydrogens (tertiary/aromatic N) is 4. The van der Waals surface area contributed by atoms with E-state index in [-0.39, 0.29) is 12.2 Å². The number of rotatable bonds is 5. The Morgan fingerprint density at radius 1 is 1.04 bits per heavy atom. The maximum atomic E-state index is 12.5. The first kappa shape index (κ1) is 17.0. The van der Waals surface area contributed by atoms with E-state index in [0.29, 0.717) is 39.4 Å². The van der Waals surface area contributed by atoms with Crippen LogP contribution >= 0.6 is 11.6 Å². The highest BCUT2D eigenvalue weighted by molar-refractivity contribution is 6.30. The molecule has 0 saturated carbocycles. The number of ketones is 1. The molecule has 0 N–H and O–H groups in total. The molecule has 0 aliphatic heterocycles. The van der Waals surface area contributed by atoms with E-state index in [9.17, 15) is 4.79 Å². The first-order valence-electron chi connectivity index (χ1n) is 7.58. The van der Waals surface area contributed by atoms with Crippen LogP contribution in [0.1, 0.15) is 27.7 Å². The topological polar surface area (TPSA) is 77.9 Å². The van der Waals surface area contributed by atoms with Crippen LogP contribution in [-0.4, -0.2) is 25.7 Å². The Morgan fingerprint density at radius 2 is 1.80 bits per heavy atom. The fraction of sp³-hybridized carbons (Fsp3) is 0.167. The van der Waals surface area contributed by atoms with Crippen LogP contribution in [0.2, 0.25) is 5.02 Å². The van der Waals surface area contributed by atoms with Gasteiger partial charge in [0.1, 0.15) is 17.3 Å². The van der Waals surface area contributed by atoms with E-state index < -0.39 is 0 Å². The summed E-state index contributed by atoms with van der Waals surface area (Å²) in [5.41, 5.74) is 1.63. The Hall–Kier alpha value is -2.86. The van der Waals surface area contributed by atoms with Gasteiger partial charge in [0.05, 0.1) is 23.8 Å². The van der Waals surface area contributed by atoms with Crippen molar-refractivity contribution in [2.24, 2.45) is 0 Å². The molecule has 0 amide bonds. The van der Waals surface area contributed by atoms with Gasteiger partial charge >= 0.3 is 0 Å². The molecule has 0 aliphatic rings. The number of pyridine rings is 2. The van der Waals surface area contributed by atoms with E-state index >= 15 is 0 Å². The highest BCUT2D eigenvalue weighted by Gasteiger charge is 2.12. The monoisotopic (exact) mass is 354 g/mol. The number of hydrogen-bond donors (Lipinski definition) is 0. The van der Waals surface area contributed by atoms with Gasteiger partial charge in [0, 0.05) is 29.7 Å². The van der Waals surface area contributed by atoms with Crippen molar-refractivity contribution in [3.05, 3.63) is 70.8 Å². The maximum absolute atomic E-state index is 12.5. The molecule has 0 aromatic carbocycles. The Labute approximate surface area is 149 Å². The molecule has 0 atom stereocenters. The molecule has 25 heavy (non-hydrogen) atoms. The van der Waals surface area contributed by atoms with Gasteiger partial charge in [-0.25, -0.2) is 15.0 Å². The predicted molar refractivity (Wildman–Crippen MR) is 93.1 cm³/mol. The molecular weight excluding hydrogens is 340 g/mol. The van der Waals surface area contributed by atoms with Crippen molar-refractivity contribution >= 4 is 17.4 Å². The third kappa shape index (κ3) is 4.58. The second-order valence-corrected chi connectivity index (χ2v) is 5.90. The zero-order valence-electron chi connectivity index (χ0n) is 13.7. The molecule has 7 heteroatoms. The number of carbonyl (C=O) groups is 1. The van der Waals surface area contributed by atoms with Crippen molar-refractivity contribution in [2.75, 3.05) is 0 Å². The van der Waals surface area contributed by atoms with Gasteiger partial charge in [-0.1, -0.05) is 11.6 Å². The van der Waals surface area contributed by atoms with E-state index in [2.05, 4.69) is 19.9 Å². The van der Waals surface area contributed by atoms with E-state index in [0.717, 1.165) is 0 Å². The minimum Gasteiger partial charge on any atom is -0.454 e. The van der Waals surface area contributed by atoms with Crippen LogP contribution in [0.5, 0.6) is 11.5 Å². The largest absolute Gasteiger partial charge is 0.454 e. The van der Waals surface area contributed by atoms with Crippen LogP contribution in [-0.2, 0) is 6.42 Å². The molecule has 3 rings (SSSR count). The van der Waals surface area contributed by atoms with Gasteiger partial charge in [-0.2, -0.15) is 0 Å². The molecule has 0 aliphatic carbocycles. The van der Waals surface area contributed by atoms with Crippen molar-refractivity contribution in [3.8, 4) is 11.5 Å². The second kappa shape index (κ2) is 7.36. The number of hydrogen-bond acceptors (Lipinski definition) is 6. The molecule has 3 heterocycles. The van der Waals surface area contributed by atoms with Crippen molar-refractivity contribution in [1.82, 2.24) is 19.9 Å². The average molecular weight is 355 g/mol. The Kier molecular flexibility index (Phi) is 5.00. The Bertz CT molecular complexity index is 896. The molecule has 0 bridgehead atoms. The van der Waals surface area contributed by atoms with Gasteiger partial charge < -0.3 is 4.74 Å². The quantitative estimate of drug-likeness (QED) is 0.649. The maximum Gasteiger partial charge on any atom is 0.187 e. The molecule has 0 radical (unpaired) electrons. The molecule has 0 unspecified atom stereocenters. The summed E-state index contributed by atoms with van der Waals surface area (Å²) in [6, 6.07) is 6.77. The van der Waals surface area contributed by atoms with Gasteiger partial charge in [-0.15, -0.1) is 0 Å². The van der Waals surface area contributed by atoms with Gasteiger partial charge in [0.2, 0.25) is 0 Å². The number of halogens is 1. The van der Waals surface area contributed by atoms with E-state index in [1.54, 1.807) is 50.5 Å². The van der Waals surface area contributed by atoms with Gasteiger partial charge in [-0.05, 0) is 26.0 Å². The third-order valence-electron chi connectivity index (χ3n) is 3.34. The standard InChI is InChI=1S/C18H15ClN4O2/c1-11-5-15(25-16-9-20-12(2)21-10-16)7-17(23-11)18(24)6-14-4-3-13(19)8-22-14/h3-5,7-10H,6H2,1-2H3. The number of Topliss-reactive ketones (excluding diaryl/α,β-unsaturated/α-hetero) is 1. The summed E-state index contributed by atoms with van der Waals surface area (Å²) in [5, 5.41) is 0.529. The van der Waals surface area contributed by atoms with Crippen LogP contribution in [0.15, 0.2) is 42.9 Å². The predicted octanol–water partition coefficient (Wildman–Crippen LogP) is 3.75. The highest BCUT2D eigenvalue weighted by Crippen LogP contribution is 2.22. The summed E-state index contributed by atoms with van der Waals surface area (Å²) in [5.74, 6) is 1.51. The number of aromatic nitrogens is 4. The zero-order chi connectivity index (χ0) is 17.8. The molecule has 6 nitrogen and oxygen atoms in total.